The number of ether oxygens (including phenoxy) is 1. The highest BCUT2D eigenvalue weighted by molar-refractivity contribution is 7.90. The van der Waals surface area contributed by atoms with Gasteiger partial charge in [0, 0.05) is 12.6 Å². The zero-order chi connectivity index (χ0) is 20.9. The lowest BCUT2D eigenvalue weighted by Crippen LogP contribution is -2.36. The Morgan fingerprint density at radius 1 is 1.00 bits per heavy atom. The highest BCUT2D eigenvalue weighted by Gasteiger charge is 2.21. The molecule has 0 spiro atoms. The van der Waals surface area contributed by atoms with Crippen LogP contribution in [0.15, 0.2) is 59.5 Å². The van der Waals surface area contributed by atoms with Gasteiger partial charge in [-0.2, -0.15) is 0 Å². The second-order valence-corrected chi connectivity index (χ2v) is 9.51. The topological polar surface area (TPSA) is 80.8 Å². The number of likely N-dealkylation sites (N-methyl/N-ethyl adjacent to an activating group) is 1. The van der Waals surface area contributed by atoms with Crippen LogP contribution >= 0.6 is 0 Å². The molecule has 6 nitrogen and oxygen atoms in total. The fraction of sp³-hybridized carbons (Fsp3) is 0.333. The third-order valence-corrected chi connectivity index (χ3v) is 5.47. The second-order valence-electron chi connectivity index (χ2n) is 7.52. The Balaban J connectivity index is 2.12. The minimum absolute atomic E-state index is 0.192. The van der Waals surface area contributed by atoms with E-state index in [0.29, 0.717) is 11.1 Å². The van der Waals surface area contributed by atoms with Gasteiger partial charge in [0.1, 0.15) is 12.1 Å². The number of carbonyl (C=O) groups is 2. The number of hydrogen-bond acceptors (Lipinski definition) is 5. The molecule has 0 aliphatic carbocycles. The number of hydrogen-bond donors (Lipinski definition) is 0. The van der Waals surface area contributed by atoms with Gasteiger partial charge in [0.05, 0.1) is 10.6 Å². The first-order valence-electron chi connectivity index (χ1n) is 8.82. The maximum atomic E-state index is 12.6. The molecule has 2 rings (SSSR count). The summed E-state index contributed by atoms with van der Waals surface area (Å²) in [5.74, 6) is -1.11. The normalized spacial score (nSPS) is 11.7. The summed E-state index contributed by atoms with van der Waals surface area (Å²) >= 11 is 0. The summed E-state index contributed by atoms with van der Waals surface area (Å²) in [7, 11) is -2.01. The van der Waals surface area contributed by atoms with E-state index in [1.807, 2.05) is 0 Å². The fourth-order valence-corrected chi connectivity index (χ4v) is 3.94. The van der Waals surface area contributed by atoms with E-state index in [1.165, 1.54) is 18.0 Å². The second kappa shape index (κ2) is 8.56. The Labute approximate surface area is 166 Å². The van der Waals surface area contributed by atoms with Crippen molar-refractivity contribution in [1.29, 1.82) is 0 Å². The molecule has 0 radical (unpaired) electrons. The zero-order valence-corrected chi connectivity index (χ0v) is 17.3. The first-order chi connectivity index (χ1) is 13.0. The van der Waals surface area contributed by atoms with E-state index < -0.39 is 21.4 Å². The van der Waals surface area contributed by atoms with Crippen LogP contribution in [-0.4, -0.2) is 44.4 Å². The number of sulfone groups is 1. The van der Waals surface area contributed by atoms with E-state index in [0.717, 1.165) is 0 Å². The smallest absolute Gasteiger partial charge is 0.326 e. The van der Waals surface area contributed by atoms with Gasteiger partial charge in [-0.15, -0.1) is 0 Å². The molecule has 7 heteroatoms. The summed E-state index contributed by atoms with van der Waals surface area (Å²) in [6.45, 7) is 5.07. The molecule has 0 heterocycles. The van der Waals surface area contributed by atoms with E-state index >= 15 is 0 Å². The third-order valence-electron chi connectivity index (χ3n) is 3.77. The van der Waals surface area contributed by atoms with Gasteiger partial charge in [-0.3, -0.25) is 9.59 Å². The molecule has 0 saturated carbocycles. The summed E-state index contributed by atoms with van der Waals surface area (Å²) in [4.78, 5) is 26.0. The number of amides is 1. The van der Waals surface area contributed by atoms with E-state index in [9.17, 15) is 18.0 Å². The molecule has 1 amide bonds. The maximum absolute atomic E-state index is 12.6. The van der Waals surface area contributed by atoms with Crippen LogP contribution in [0.25, 0.3) is 0 Å². The van der Waals surface area contributed by atoms with Crippen molar-refractivity contribution in [2.45, 2.75) is 37.0 Å². The lowest BCUT2D eigenvalue weighted by molar-refractivity contribution is -0.155. The lowest BCUT2D eigenvalue weighted by atomic mass is 10.1. The quantitative estimate of drug-likeness (QED) is 0.693. The average Bonchev–Trinajstić information content (AvgIpc) is 2.60. The number of benzene rings is 2. The van der Waals surface area contributed by atoms with Gasteiger partial charge in [0.15, 0.2) is 9.84 Å². The molecule has 2 aromatic rings. The molecule has 0 atom stereocenters. The molecule has 0 aliphatic heterocycles. The zero-order valence-electron chi connectivity index (χ0n) is 16.5. The molecule has 0 unspecified atom stereocenters. The molecule has 0 N–H and O–H groups in total. The molecule has 2 aromatic carbocycles. The molecule has 0 bridgehead atoms. The first-order valence-corrected chi connectivity index (χ1v) is 10.5. The highest BCUT2D eigenvalue weighted by atomic mass is 32.2. The van der Waals surface area contributed by atoms with Crippen molar-refractivity contribution in [2.75, 3.05) is 13.6 Å². The van der Waals surface area contributed by atoms with Crippen molar-refractivity contribution in [2.24, 2.45) is 0 Å². The van der Waals surface area contributed by atoms with Crippen molar-refractivity contribution in [3.8, 4) is 0 Å². The van der Waals surface area contributed by atoms with Gasteiger partial charge in [-0.05, 0) is 50.6 Å². The van der Waals surface area contributed by atoms with Crippen LogP contribution in [0.5, 0.6) is 0 Å². The molecule has 28 heavy (non-hydrogen) atoms. The summed E-state index contributed by atoms with van der Waals surface area (Å²) in [5.41, 5.74) is 0.180. The minimum atomic E-state index is -3.51. The molecule has 0 fully saturated rings. The first kappa shape index (κ1) is 21.6. The Hall–Kier alpha value is -2.67. The van der Waals surface area contributed by atoms with Crippen LogP contribution in [0.3, 0.4) is 0 Å². The standard InChI is InChI=1S/C21H25NO5S/c1-21(2,3)27-19(23)14-22(4)20(24)17-10-8-9-16(13-17)15-28(25,26)18-11-6-5-7-12-18/h5-13H,14-15H2,1-4H3. The summed E-state index contributed by atoms with van der Waals surface area (Å²) in [5, 5.41) is 0. The van der Waals surface area contributed by atoms with Gasteiger partial charge >= 0.3 is 5.97 Å². The van der Waals surface area contributed by atoms with Crippen molar-refractivity contribution in [3.63, 3.8) is 0 Å². The predicted molar refractivity (Wildman–Crippen MR) is 107 cm³/mol. The van der Waals surface area contributed by atoms with Gasteiger partial charge in [0.2, 0.25) is 0 Å². The Bertz CT molecular complexity index is 946. The van der Waals surface area contributed by atoms with Gasteiger partial charge < -0.3 is 9.64 Å². The van der Waals surface area contributed by atoms with Crippen LogP contribution in [0.4, 0.5) is 0 Å². The van der Waals surface area contributed by atoms with E-state index in [-0.39, 0.29) is 23.1 Å². The Morgan fingerprint density at radius 3 is 2.25 bits per heavy atom. The molecule has 0 saturated heterocycles. The van der Waals surface area contributed by atoms with Crippen LogP contribution in [0.2, 0.25) is 0 Å². The fourth-order valence-electron chi connectivity index (χ4n) is 2.58. The average molecular weight is 404 g/mol. The number of nitrogens with zero attached hydrogens (tertiary/aromatic N) is 1. The third kappa shape index (κ3) is 6.20. The number of rotatable bonds is 6. The molecular formula is C21H25NO5S. The van der Waals surface area contributed by atoms with Crippen LogP contribution in [0.1, 0.15) is 36.7 Å². The number of carbonyl (C=O) groups excluding carboxylic acids is 2. The van der Waals surface area contributed by atoms with Crippen molar-refractivity contribution in [3.05, 3.63) is 65.7 Å². The van der Waals surface area contributed by atoms with Crippen LogP contribution in [-0.2, 0) is 25.1 Å². The van der Waals surface area contributed by atoms with E-state index in [1.54, 1.807) is 69.3 Å². The number of esters is 1. The van der Waals surface area contributed by atoms with Crippen LogP contribution < -0.4 is 0 Å². The highest BCUT2D eigenvalue weighted by Crippen LogP contribution is 2.17. The van der Waals surface area contributed by atoms with Gasteiger partial charge in [-0.25, -0.2) is 8.42 Å². The van der Waals surface area contributed by atoms with Gasteiger partial charge in [0.25, 0.3) is 5.91 Å². The monoisotopic (exact) mass is 403 g/mol. The Morgan fingerprint density at radius 2 is 1.64 bits per heavy atom. The lowest BCUT2D eigenvalue weighted by Gasteiger charge is -2.22. The summed E-state index contributed by atoms with van der Waals surface area (Å²) < 4.78 is 30.3. The molecule has 0 aromatic heterocycles. The largest absolute Gasteiger partial charge is 0.459 e. The maximum Gasteiger partial charge on any atom is 0.326 e. The summed E-state index contributed by atoms with van der Waals surface area (Å²) in [6.07, 6.45) is 0. The van der Waals surface area contributed by atoms with E-state index in [2.05, 4.69) is 0 Å². The minimum Gasteiger partial charge on any atom is -0.459 e. The summed E-state index contributed by atoms with van der Waals surface area (Å²) in [6, 6.07) is 14.6. The van der Waals surface area contributed by atoms with Crippen molar-refractivity contribution in [1.82, 2.24) is 4.90 Å². The van der Waals surface area contributed by atoms with Gasteiger partial charge in [-0.1, -0.05) is 30.3 Å². The molecular weight excluding hydrogens is 378 g/mol. The van der Waals surface area contributed by atoms with Crippen LogP contribution in [0, 0.1) is 0 Å². The SMILES string of the molecule is CN(CC(=O)OC(C)(C)C)C(=O)c1cccc(CS(=O)(=O)c2ccccc2)c1. The molecule has 0 aliphatic rings. The molecule has 150 valence electrons. The Kier molecular flexibility index (Phi) is 6.61. The van der Waals surface area contributed by atoms with Crippen molar-refractivity contribution >= 4 is 21.7 Å². The van der Waals surface area contributed by atoms with E-state index in [4.69, 9.17) is 4.74 Å². The van der Waals surface area contributed by atoms with Crippen molar-refractivity contribution < 1.29 is 22.7 Å². The predicted octanol–water partition coefficient (Wildman–Crippen LogP) is 3.07.